The van der Waals surface area contributed by atoms with Crippen LogP contribution in [0.2, 0.25) is 0 Å². The molecule has 1 atom stereocenters. The van der Waals surface area contributed by atoms with Gasteiger partial charge in [0.05, 0.1) is 24.9 Å². The Morgan fingerprint density at radius 1 is 1.08 bits per heavy atom. The van der Waals surface area contributed by atoms with Crippen molar-refractivity contribution in [1.82, 2.24) is 24.8 Å². The second-order valence-electron chi connectivity index (χ2n) is 9.89. The summed E-state index contributed by atoms with van der Waals surface area (Å²) >= 11 is 0. The van der Waals surface area contributed by atoms with E-state index in [1.807, 2.05) is 20.8 Å². The van der Waals surface area contributed by atoms with Crippen molar-refractivity contribution in [1.29, 1.82) is 0 Å². The third kappa shape index (κ3) is 6.53. The molecule has 1 aliphatic rings. The summed E-state index contributed by atoms with van der Waals surface area (Å²) in [7, 11) is 1.58. The first-order valence-electron chi connectivity index (χ1n) is 12.4. The summed E-state index contributed by atoms with van der Waals surface area (Å²) in [5.41, 5.74) is 0.360. The molecule has 200 valence electrons. The Balaban J connectivity index is 1.67. The fourth-order valence-corrected chi connectivity index (χ4v) is 4.12. The van der Waals surface area contributed by atoms with Crippen LogP contribution in [0.5, 0.6) is 17.4 Å². The summed E-state index contributed by atoms with van der Waals surface area (Å²) in [6.07, 6.45) is 7.31. The van der Waals surface area contributed by atoms with Crippen LogP contribution < -0.4 is 14.4 Å². The number of hydrogen-bond donors (Lipinski definition) is 0. The average Bonchev–Trinajstić information content (AvgIpc) is 3.36. The zero-order chi connectivity index (χ0) is 27.3. The highest BCUT2D eigenvalue weighted by molar-refractivity contribution is 5.93. The van der Waals surface area contributed by atoms with Gasteiger partial charge in [-0.2, -0.15) is 4.98 Å². The minimum Gasteiger partial charge on any atom is -0.497 e. The van der Waals surface area contributed by atoms with Crippen LogP contribution in [0.4, 0.5) is 10.5 Å². The van der Waals surface area contributed by atoms with E-state index in [2.05, 4.69) is 19.9 Å². The van der Waals surface area contributed by atoms with E-state index in [9.17, 15) is 9.59 Å². The second kappa shape index (κ2) is 11.4. The maximum Gasteiger partial charge on any atom is 0.410 e. The molecule has 0 N–H and O–H groups in total. The molecule has 2 aromatic heterocycles. The van der Waals surface area contributed by atoms with E-state index in [1.165, 1.54) is 18.2 Å². The van der Waals surface area contributed by atoms with Gasteiger partial charge in [-0.15, -0.1) is 0 Å². The van der Waals surface area contributed by atoms with Crippen molar-refractivity contribution in [3.8, 4) is 28.8 Å². The van der Waals surface area contributed by atoms with E-state index < -0.39 is 11.7 Å². The number of hydrogen-bond acceptors (Lipinski definition) is 9. The Morgan fingerprint density at radius 3 is 2.39 bits per heavy atom. The number of carbonyl (C=O) groups excluding carboxylic acids is 2. The summed E-state index contributed by atoms with van der Waals surface area (Å²) in [6.45, 7) is 7.75. The van der Waals surface area contributed by atoms with E-state index >= 15 is 0 Å². The highest BCUT2D eigenvalue weighted by Crippen LogP contribution is 2.34. The minimum atomic E-state index is -0.616. The predicted molar refractivity (Wildman–Crippen MR) is 140 cm³/mol. The van der Waals surface area contributed by atoms with Crippen LogP contribution in [-0.2, 0) is 9.53 Å². The Morgan fingerprint density at radius 2 is 1.76 bits per heavy atom. The first-order chi connectivity index (χ1) is 18.1. The number of rotatable bonds is 7. The number of aromatic nitrogens is 4. The van der Waals surface area contributed by atoms with Crippen molar-refractivity contribution in [2.45, 2.75) is 52.2 Å². The summed E-state index contributed by atoms with van der Waals surface area (Å²) in [6, 6.07) is 6.79. The molecule has 4 rings (SSSR count). The van der Waals surface area contributed by atoms with Crippen LogP contribution in [0.3, 0.4) is 0 Å². The minimum absolute atomic E-state index is 0.182. The van der Waals surface area contributed by atoms with E-state index in [0.29, 0.717) is 35.1 Å². The smallest absolute Gasteiger partial charge is 0.410 e. The standard InChI is InChI=1S/C27H32N6O5/c1-18(34)33(16-20-7-6-12-32(20)26(35)38-27(2,3)4)23-15-30-24(19-13-28-17-29-14-19)31-25(23)37-22-10-8-21(36-5)9-11-22/h8-11,13-15,17,20H,6-7,12,16H2,1-5H3. The zero-order valence-corrected chi connectivity index (χ0v) is 22.2. The largest absolute Gasteiger partial charge is 0.497 e. The first-order valence-corrected chi connectivity index (χ1v) is 12.4. The van der Waals surface area contributed by atoms with E-state index in [0.717, 1.165) is 12.8 Å². The molecule has 11 nitrogen and oxygen atoms in total. The van der Waals surface area contributed by atoms with Crippen molar-refractivity contribution < 1.29 is 23.8 Å². The topological polar surface area (TPSA) is 120 Å². The maximum atomic E-state index is 12.9. The second-order valence-corrected chi connectivity index (χ2v) is 9.89. The van der Waals surface area contributed by atoms with Gasteiger partial charge in [-0.05, 0) is 57.9 Å². The molecule has 0 spiro atoms. The van der Waals surface area contributed by atoms with E-state index in [1.54, 1.807) is 54.9 Å². The van der Waals surface area contributed by atoms with Crippen molar-refractivity contribution in [2.24, 2.45) is 0 Å². The maximum absolute atomic E-state index is 12.9. The number of likely N-dealkylation sites (tertiary alicyclic amines) is 1. The molecular formula is C27H32N6O5. The summed E-state index contributed by atoms with van der Waals surface area (Å²) in [5.74, 6) is 1.47. The van der Waals surface area contributed by atoms with Gasteiger partial charge in [-0.3, -0.25) is 4.79 Å². The average molecular weight is 521 g/mol. The van der Waals surface area contributed by atoms with Gasteiger partial charge in [0, 0.05) is 32.4 Å². The van der Waals surface area contributed by atoms with Crippen LogP contribution in [0.15, 0.2) is 49.2 Å². The van der Waals surface area contributed by atoms with E-state index in [-0.39, 0.29) is 24.4 Å². The van der Waals surface area contributed by atoms with Gasteiger partial charge >= 0.3 is 6.09 Å². The number of amides is 2. The molecule has 1 aromatic carbocycles. The van der Waals surface area contributed by atoms with Gasteiger partial charge in [0.2, 0.25) is 11.8 Å². The number of ether oxygens (including phenoxy) is 3. The molecule has 1 aliphatic heterocycles. The van der Waals surface area contributed by atoms with Crippen molar-refractivity contribution in [2.75, 3.05) is 25.1 Å². The van der Waals surface area contributed by atoms with Crippen molar-refractivity contribution >= 4 is 17.7 Å². The van der Waals surface area contributed by atoms with Crippen LogP contribution in [0.25, 0.3) is 11.4 Å². The molecule has 38 heavy (non-hydrogen) atoms. The molecular weight excluding hydrogens is 488 g/mol. The fraction of sp³-hybridized carbons (Fsp3) is 0.407. The molecule has 0 radical (unpaired) electrons. The first kappa shape index (κ1) is 26.8. The van der Waals surface area contributed by atoms with Gasteiger partial charge in [-0.25, -0.2) is 19.7 Å². The molecule has 1 unspecified atom stereocenters. The van der Waals surface area contributed by atoms with Gasteiger partial charge < -0.3 is 24.0 Å². The molecule has 2 amide bonds. The van der Waals surface area contributed by atoms with Crippen LogP contribution in [0, 0.1) is 0 Å². The molecule has 0 aliphatic carbocycles. The molecule has 1 fully saturated rings. The number of carbonyl (C=O) groups is 2. The monoisotopic (exact) mass is 520 g/mol. The SMILES string of the molecule is COc1ccc(Oc2nc(-c3cncnc3)ncc2N(CC2CCCN2C(=O)OC(C)(C)C)C(C)=O)cc1. The van der Waals surface area contributed by atoms with Gasteiger partial charge in [0.15, 0.2) is 5.82 Å². The zero-order valence-electron chi connectivity index (χ0n) is 22.2. The summed E-state index contributed by atoms with van der Waals surface area (Å²) < 4.78 is 17.0. The van der Waals surface area contributed by atoms with Crippen LogP contribution in [0.1, 0.15) is 40.5 Å². The summed E-state index contributed by atoms with van der Waals surface area (Å²) in [5, 5.41) is 0. The molecule has 1 saturated heterocycles. The molecule has 11 heteroatoms. The highest BCUT2D eigenvalue weighted by Gasteiger charge is 2.35. The lowest BCUT2D eigenvalue weighted by atomic mass is 10.2. The normalized spacial score (nSPS) is 15.2. The third-order valence-corrected chi connectivity index (χ3v) is 5.90. The van der Waals surface area contributed by atoms with Gasteiger partial charge in [0.25, 0.3) is 0 Å². The van der Waals surface area contributed by atoms with Crippen LogP contribution in [-0.4, -0.2) is 68.7 Å². The number of benzene rings is 1. The molecule has 0 saturated carbocycles. The lowest BCUT2D eigenvalue weighted by Crippen LogP contribution is -2.46. The Hall–Kier alpha value is -4.28. The summed E-state index contributed by atoms with van der Waals surface area (Å²) in [4.78, 5) is 46.2. The Labute approximate surface area is 221 Å². The Bertz CT molecular complexity index is 1260. The van der Waals surface area contributed by atoms with Gasteiger partial charge in [0.1, 0.15) is 29.1 Å². The Kier molecular flexibility index (Phi) is 8.04. The molecule has 0 bridgehead atoms. The van der Waals surface area contributed by atoms with Gasteiger partial charge in [-0.1, -0.05) is 0 Å². The van der Waals surface area contributed by atoms with Crippen molar-refractivity contribution in [3.05, 3.63) is 49.2 Å². The quantitative estimate of drug-likeness (QED) is 0.444. The number of nitrogens with zero attached hydrogens (tertiary/aromatic N) is 6. The molecule has 3 heterocycles. The number of anilines is 1. The van der Waals surface area contributed by atoms with Crippen molar-refractivity contribution in [3.63, 3.8) is 0 Å². The lowest BCUT2D eigenvalue weighted by Gasteiger charge is -2.32. The lowest BCUT2D eigenvalue weighted by molar-refractivity contribution is -0.116. The third-order valence-electron chi connectivity index (χ3n) is 5.90. The van der Waals surface area contributed by atoms with Crippen LogP contribution >= 0.6 is 0 Å². The highest BCUT2D eigenvalue weighted by atomic mass is 16.6. The molecule has 3 aromatic rings. The number of methoxy groups -OCH3 is 1. The predicted octanol–water partition coefficient (Wildman–Crippen LogP) is 4.49. The van der Waals surface area contributed by atoms with E-state index in [4.69, 9.17) is 14.2 Å². The fourth-order valence-electron chi connectivity index (χ4n) is 4.12.